The fourth-order valence-electron chi connectivity index (χ4n) is 1.87. The van der Waals surface area contributed by atoms with Gasteiger partial charge < -0.3 is 5.32 Å². The molecule has 0 fully saturated rings. The van der Waals surface area contributed by atoms with Gasteiger partial charge in [-0.1, -0.05) is 0 Å². The van der Waals surface area contributed by atoms with Crippen LogP contribution in [-0.4, -0.2) is 26.2 Å². The molecule has 98 valence electrons. The van der Waals surface area contributed by atoms with Gasteiger partial charge in [-0.05, 0) is 19.9 Å². The molecule has 2 rings (SSSR count). The second-order valence-electron chi connectivity index (χ2n) is 4.10. The summed E-state index contributed by atoms with van der Waals surface area (Å²) in [5.41, 5.74) is 2.13. The molecule has 2 aromatic heterocycles. The molecule has 0 spiro atoms. The Kier molecular flexibility index (Phi) is 3.96. The molecule has 1 N–H and O–H groups in total. The van der Waals surface area contributed by atoms with Gasteiger partial charge in [-0.3, -0.25) is 9.36 Å². The molecule has 0 unspecified atom stereocenters. The first kappa shape index (κ1) is 12.6. The molecular weight excluding hydrogens is 233 g/mol. The Labute approximate surface area is 106 Å². The van der Waals surface area contributed by atoms with Crippen LogP contribution in [-0.2, 0) is 19.6 Å². The van der Waals surface area contributed by atoms with E-state index in [1.807, 2.05) is 23.9 Å². The summed E-state index contributed by atoms with van der Waals surface area (Å²) in [6.07, 6.45) is 3.63. The standard InChI is InChI=1S/C12H18FN5/c1-3-18-11(4-6-15-18)8-14-12-10(2)9-17(16-12)7-5-13/h4,6,9H,3,5,7-8H2,1-2H3,(H,14,16). The second-order valence-corrected chi connectivity index (χ2v) is 4.10. The summed E-state index contributed by atoms with van der Waals surface area (Å²) in [6.45, 7) is 5.43. The van der Waals surface area contributed by atoms with Gasteiger partial charge in [-0.25, -0.2) is 4.39 Å². The molecule has 5 nitrogen and oxygen atoms in total. The molecule has 0 atom stereocenters. The molecule has 0 saturated carbocycles. The van der Waals surface area contributed by atoms with E-state index in [0.717, 1.165) is 23.6 Å². The van der Waals surface area contributed by atoms with Crippen molar-refractivity contribution in [1.29, 1.82) is 0 Å². The Morgan fingerprint density at radius 2 is 2.28 bits per heavy atom. The van der Waals surface area contributed by atoms with E-state index >= 15 is 0 Å². The Morgan fingerprint density at radius 1 is 1.44 bits per heavy atom. The molecule has 2 heterocycles. The molecule has 6 heteroatoms. The van der Waals surface area contributed by atoms with Crippen molar-refractivity contribution in [3.05, 3.63) is 29.7 Å². The van der Waals surface area contributed by atoms with E-state index in [9.17, 15) is 4.39 Å². The SMILES string of the molecule is CCn1nccc1CNc1nn(CCF)cc1C. The molecule has 0 radical (unpaired) electrons. The maximum absolute atomic E-state index is 12.2. The third-order valence-corrected chi connectivity index (χ3v) is 2.80. The number of halogens is 1. The van der Waals surface area contributed by atoms with Gasteiger partial charge in [0.25, 0.3) is 0 Å². The molecule has 0 aliphatic rings. The average Bonchev–Trinajstić information content (AvgIpc) is 2.93. The summed E-state index contributed by atoms with van der Waals surface area (Å²) in [5, 5.41) is 11.7. The van der Waals surface area contributed by atoms with E-state index in [-0.39, 0.29) is 0 Å². The largest absolute Gasteiger partial charge is 0.363 e. The van der Waals surface area contributed by atoms with Crippen molar-refractivity contribution < 1.29 is 4.39 Å². The third-order valence-electron chi connectivity index (χ3n) is 2.80. The first-order valence-corrected chi connectivity index (χ1v) is 6.09. The lowest BCUT2D eigenvalue weighted by Crippen LogP contribution is -2.09. The van der Waals surface area contributed by atoms with Gasteiger partial charge in [0.2, 0.25) is 0 Å². The zero-order chi connectivity index (χ0) is 13.0. The van der Waals surface area contributed by atoms with Crippen LogP contribution in [0.4, 0.5) is 10.2 Å². The minimum absolute atomic E-state index is 0.301. The topological polar surface area (TPSA) is 47.7 Å². The van der Waals surface area contributed by atoms with Crippen LogP contribution in [0, 0.1) is 6.92 Å². The highest BCUT2D eigenvalue weighted by Gasteiger charge is 2.06. The van der Waals surface area contributed by atoms with Gasteiger partial charge in [0.05, 0.1) is 18.8 Å². The summed E-state index contributed by atoms with van der Waals surface area (Å²) in [7, 11) is 0. The third kappa shape index (κ3) is 2.69. The number of anilines is 1. The predicted octanol–water partition coefficient (Wildman–Crippen LogP) is 1.99. The Bertz CT molecular complexity index is 502. The zero-order valence-corrected chi connectivity index (χ0v) is 10.7. The molecule has 0 aliphatic carbocycles. The summed E-state index contributed by atoms with van der Waals surface area (Å²) in [4.78, 5) is 0. The quantitative estimate of drug-likeness (QED) is 0.854. The van der Waals surface area contributed by atoms with Crippen LogP contribution in [0.25, 0.3) is 0 Å². The van der Waals surface area contributed by atoms with E-state index in [2.05, 4.69) is 22.4 Å². The fourth-order valence-corrected chi connectivity index (χ4v) is 1.87. The van der Waals surface area contributed by atoms with Crippen molar-refractivity contribution in [2.45, 2.75) is 33.5 Å². The number of alkyl halides is 1. The number of nitrogens with zero attached hydrogens (tertiary/aromatic N) is 4. The van der Waals surface area contributed by atoms with Gasteiger partial charge in [-0.2, -0.15) is 10.2 Å². The number of hydrogen-bond donors (Lipinski definition) is 1. The Morgan fingerprint density at radius 3 is 3.00 bits per heavy atom. The fraction of sp³-hybridized carbons (Fsp3) is 0.500. The molecule has 0 amide bonds. The Balaban J connectivity index is 2.01. The highest BCUT2D eigenvalue weighted by Crippen LogP contribution is 2.13. The molecule has 2 aromatic rings. The molecule has 0 aromatic carbocycles. The first-order valence-electron chi connectivity index (χ1n) is 6.09. The van der Waals surface area contributed by atoms with Crippen molar-refractivity contribution in [3.63, 3.8) is 0 Å². The molecule has 0 bridgehead atoms. The smallest absolute Gasteiger partial charge is 0.151 e. The van der Waals surface area contributed by atoms with Crippen LogP contribution in [0.15, 0.2) is 18.5 Å². The van der Waals surface area contributed by atoms with Crippen molar-refractivity contribution in [2.75, 3.05) is 12.0 Å². The van der Waals surface area contributed by atoms with Crippen molar-refractivity contribution in [1.82, 2.24) is 19.6 Å². The van der Waals surface area contributed by atoms with Crippen LogP contribution in [0.5, 0.6) is 0 Å². The van der Waals surface area contributed by atoms with E-state index in [1.54, 1.807) is 10.9 Å². The second kappa shape index (κ2) is 5.66. The minimum Gasteiger partial charge on any atom is -0.363 e. The number of hydrogen-bond acceptors (Lipinski definition) is 3. The highest BCUT2D eigenvalue weighted by molar-refractivity contribution is 5.42. The lowest BCUT2D eigenvalue weighted by Gasteiger charge is -2.06. The van der Waals surface area contributed by atoms with Gasteiger partial charge in [0.15, 0.2) is 5.82 Å². The molecular formula is C12H18FN5. The zero-order valence-electron chi connectivity index (χ0n) is 10.7. The Hall–Kier alpha value is -1.85. The maximum Gasteiger partial charge on any atom is 0.151 e. The van der Waals surface area contributed by atoms with Crippen LogP contribution >= 0.6 is 0 Å². The summed E-state index contributed by atoms with van der Waals surface area (Å²) in [6, 6.07) is 1.98. The van der Waals surface area contributed by atoms with Crippen molar-refractivity contribution >= 4 is 5.82 Å². The normalized spacial score (nSPS) is 10.8. The monoisotopic (exact) mass is 251 g/mol. The van der Waals surface area contributed by atoms with Gasteiger partial charge in [-0.15, -0.1) is 0 Å². The van der Waals surface area contributed by atoms with E-state index in [4.69, 9.17) is 0 Å². The van der Waals surface area contributed by atoms with Crippen LogP contribution < -0.4 is 5.32 Å². The summed E-state index contributed by atoms with van der Waals surface area (Å²) < 4.78 is 15.8. The maximum atomic E-state index is 12.2. The van der Waals surface area contributed by atoms with Crippen molar-refractivity contribution in [2.24, 2.45) is 0 Å². The number of rotatable bonds is 6. The van der Waals surface area contributed by atoms with Crippen molar-refractivity contribution in [3.8, 4) is 0 Å². The van der Waals surface area contributed by atoms with Gasteiger partial charge in [0.1, 0.15) is 6.67 Å². The van der Waals surface area contributed by atoms with Crippen LogP contribution in [0.2, 0.25) is 0 Å². The van der Waals surface area contributed by atoms with Crippen LogP contribution in [0.1, 0.15) is 18.2 Å². The summed E-state index contributed by atoms with van der Waals surface area (Å²) in [5.74, 6) is 0.798. The average molecular weight is 251 g/mol. The first-order chi connectivity index (χ1) is 8.74. The lowest BCUT2D eigenvalue weighted by atomic mass is 10.3. The summed E-state index contributed by atoms with van der Waals surface area (Å²) >= 11 is 0. The van der Waals surface area contributed by atoms with Crippen LogP contribution in [0.3, 0.4) is 0 Å². The minimum atomic E-state index is -0.400. The highest BCUT2D eigenvalue weighted by atomic mass is 19.1. The van der Waals surface area contributed by atoms with E-state index < -0.39 is 6.67 Å². The molecule has 0 saturated heterocycles. The molecule has 0 aliphatic heterocycles. The predicted molar refractivity (Wildman–Crippen MR) is 68.2 cm³/mol. The molecule has 18 heavy (non-hydrogen) atoms. The van der Waals surface area contributed by atoms with Gasteiger partial charge >= 0.3 is 0 Å². The number of aryl methyl sites for hydroxylation is 3. The van der Waals surface area contributed by atoms with E-state index in [1.165, 1.54) is 0 Å². The van der Waals surface area contributed by atoms with Gasteiger partial charge in [0, 0.05) is 24.5 Å². The van der Waals surface area contributed by atoms with E-state index in [0.29, 0.717) is 13.1 Å². The number of aromatic nitrogens is 4. The number of nitrogens with one attached hydrogen (secondary N) is 1. The lowest BCUT2D eigenvalue weighted by molar-refractivity contribution is 0.427.